The first-order chi connectivity index (χ1) is 3.55. The van der Waals surface area contributed by atoms with Gasteiger partial charge in [0.15, 0.2) is 0 Å². The molecule has 0 aromatic heterocycles. The van der Waals surface area contributed by atoms with E-state index in [1.54, 1.807) is 13.8 Å². The fourth-order valence-electron chi connectivity index (χ4n) is 0.247. The second kappa shape index (κ2) is 2.67. The van der Waals surface area contributed by atoms with Crippen LogP contribution in [0, 0.1) is 12.0 Å². The molecule has 0 unspecified atom stereocenters. The van der Waals surface area contributed by atoms with Crippen LogP contribution in [0.25, 0.3) is 0 Å². The molecule has 0 rings (SSSR count). The van der Waals surface area contributed by atoms with Crippen molar-refractivity contribution in [1.82, 2.24) is 0 Å². The molecule has 0 aliphatic rings. The van der Waals surface area contributed by atoms with Crippen LogP contribution in [0.3, 0.4) is 0 Å². The van der Waals surface area contributed by atoms with Crippen LogP contribution in [0.1, 0.15) is 13.8 Å². The molecule has 0 amide bonds. The van der Waals surface area contributed by atoms with Crippen molar-refractivity contribution in [2.24, 2.45) is 11.7 Å². The van der Waals surface area contributed by atoms with E-state index in [2.05, 4.69) is 0 Å². The lowest BCUT2D eigenvalue weighted by Crippen LogP contribution is -2.25. The first-order valence-electron chi connectivity index (χ1n) is 2.41. The number of carboxylic acids is 1. The van der Waals surface area contributed by atoms with Gasteiger partial charge in [0.1, 0.15) is 6.04 Å². The van der Waals surface area contributed by atoms with Crippen molar-refractivity contribution in [1.29, 1.82) is 0 Å². The SMILES string of the molecule is CC(C)[C](N)C(=O)O. The molecule has 0 spiro atoms. The monoisotopic (exact) mass is 116 g/mol. The highest BCUT2D eigenvalue weighted by Crippen LogP contribution is 2.04. The van der Waals surface area contributed by atoms with Crippen LogP contribution < -0.4 is 5.73 Å². The molecule has 0 fully saturated rings. The summed E-state index contributed by atoms with van der Waals surface area (Å²) in [5.74, 6) is -1.08. The van der Waals surface area contributed by atoms with Crippen molar-refractivity contribution in [2.45, 2.75) is 13.8 Å². The van der Waals surface area contributed by atoms with E-state index < -0.39 is 5.97 Å². The fraction of sp³-hybridized carbons (Fsp3) is 0.600. The Kier molecular flexibility index (Phi) is 2.48. The first kappa shape index (κ1) is 7.43. The summed E-state index contributed by atoms with van der Waals surface area (Å²) in [6.45, 7) is 3.48. The van der Waals surface area contributed by atoms with E-state index >= 15 is 0 Å². The maximum Gasteiger partial charge on any atom is 0.326 e. The van der Waals surface area contributed by atoms with Gasteiger partial charge < -0.3 is 10.8 Å². The Morgan fingerprint density at radius 1 is 1.62 bits per heavy atom. The Morgan fingerprint density at radius 2 is 2.00 bits per heavy atom. The third kappa shape index (κ3) is 1.93. The van der Waals surface area contributed by atoms with Gasteiger partial charge in [0.05, 0.1) is 0 Å². The van der Waals surface area contributed by atoms with Gasteiger partial charge in [0, 0.05) is 0 Å². The van der Waals surface area contributed by atoms with Crippen LogP contribution in [0.15, 0.2) is 0 Å². The Morgan fingerprint density at radius 3 is 2.00 bits per heavy atom. The largest absolute Gasteiger partial charge is 0.480 e. The maximum atomic E-state index is 9.98. The average Bonchev–Trinajstić information content (AvgIpc) is 1.64. The zero-order chi connectivity index (χ0) is 6.73. The molecule has 0 heterocycles. The predicted octanol–water partition coefficient (Wildman–Crippen LogP) is 0.218. The number of aliphatic carboxylic acids is 1. The summed E-state index contributed by atoms with van der Waals surface area (Å²) in [6, 6.07) is 0.0185. The summed E-state index contributed by atoms with van der Waals surface area (Å²) < 4.78 is 0. The van der Waals surface area contributed by atoms with E-state index in [1.165, 1.54) is 0 Å². The van der Waals surface area contributed by atoms with Gasteiger partial charge >= 0.3 is 5.97 Å². The number of carbonyl (C=O) groups is 1. The molecule has 0 saturated heterocycles. The summed E-state index contributed by atoms with van der Waals surface area (Å²) in [7, 11) is 0. The van der Waals surface area contributed by atoms with E-state index in [4.69, 9.17) is 10.8 Å². The quantitative estimate of drug-likeness (QED) is 0.542. The number of rotatable bonds is 2. The molecule has 0 aliphatic carbocycles. The molecule has 0 aliphatic heterocycles. The number of hydrogen-bond donors (Lipinski definition) is 2. The smallest absolute Gasteiger partial charge is 0.326 e. The summed E-state index contributed by atoms with van der Waals surface area (Å²) in [6.07, 6.45) is 0. The van der Waals surface area contributed by atoms with Gasteiger partial charge in [0.2, 0.25) is 0 Å². The molecule has 0 saturated carbocycles. The highest BCUT2D eigenvalue weighted by Gasteiger charge is 2.15. The Labute approximate surface area is 48.5 Å². The van der Waals surface area contributed by atoms with Crippen molar-refractivity contribution < 1.29 is 9.90 Å². The maximum absolute atomic E-state index is 9.98. The van der Waals surface area contributed by atoms with Crippen molar-refractivity contribution >= 4 is 5.97 Å². The van der Waals surface area contributed by atoms with E-state index in [0.29, 0.717) is 0 Å². The molecule has 3 heteroatoms. The number of hydrogen-bond acceptors (Lipinski definition) is 2. The zero-order valence-corrected chi connectivity index (χ0v) is 5.01. The molecular weight excluding hydrogens is 106 g/mol. The van der Waals surface area contributed by atoms with E-state index in [-0.39, 0.29) is 12.0 Å². The van der Waals surface area contributed by atoms with Crippen LogP contribution in [-0.2, 0) is 4.79 Å². The Bertz CT molecular complexity index is 90.4. The van der Waals surface area contributed by atoms with Gasteiger partial charge in [0.25, 0.3) is 0 Å². The van der Waals surface area contributed by atoms with Gasteiger partial charge in [-0.3, -0.25) is 4.79 Å². The van der Waals surface area contributed by atoms with Gasteiger partial charge in [-0.1, -0.05) is 13.8 Å². The topological polar surface area (TPSA) is 63.3 Å². The van der Waals surface area contributed by atoms with Crippen LogP contribution in [0.2, 0.25) is 0 Å². The second-order valence-electron chi connectivity index (χ2n) is 1.92. The minimum Gasteiger partial charge on any atom is -0.480 e. The summed E-state index contributed by atoms with van der Waals surface area (Å²) in [5.41, 5.74) is 5.08. The molecule has 3 N–H and O–H groups in total. The van der Waals surface area contributed by atoms with Crippen LogP contribution >= 0.6 is 0 Å². The second-order valence-corrected chi connectivity index (χ2v) is 1.92. The van der Waals surface area contributed by atoms with Crippen molar-refractivity contribution in [2.75, 3.05) is 0 Å². The van der Waals surface area contributed by atoms with E-state index in [1.807, 2.05) is 0 Å². The molecule has 8 heavy (non-hydrogen) atoms. The van der Waals surface area contributed by atoms with Crippen molar-refractivity contribution in [3.63, 3.8) is 0 Å². The highest BCUT2D eigenvalue weighted by molar-refractivity contribution is 5.81. The van der Waals surface area contributed by atoms with Crippen LogP contribution in [0.4, 0.5) is 0 Å². The first-order valence-corrected chi connectivity index (χ1v) is 2.41. The lowest BCUT2D eigenvalue weighted by Gasteiger charge is -2.06. The van der Waals surface area contributed by atoms with Gasteiger partial charge in [-0.05, 0) is 5.92 Å². The number of nitrogens with two attached hydrogens (primary N) is 1. The third-order valence-electron chi connectivity index (χ3n) is 0.869. The third-order valence-corrected chi connectivity index (χ3v) is 0.869. The molecular formula is C5H10NO2. The molecule has 1 radical (unpaired) electrons. The Balaban J connectivity index is 3.64. The number of carboxylic acid groups (broad SMARTS) is 1. The van der Waals surface area contributed by atoms with Crippen LogP contribution in [0.5, 0.6) is 0 Å². The van der Waals surface area contributed by atoms with Crippen LogP contribution in [-0.4, -0.2) is 11.1 Å². The summed E-state index contributed by atoms with van der Waals surface area (Å²) in [4.78, 5) is 9.98. The minimum atomic E-state index is -1.01. The normalized spacial score (nSPS) is 10.6. The molecule has 3 nitrogen and oxygen atoms in total. The highest BCUT2D eigenvalue weighted by atomic mass is 16.4. The van der Waals surface area contributed by atoms with E-state index in [0.717, 1.165) is 0 Å². The van der Waals surface area contributed by atoms with Crippen molar-refractivity contribution in [3.8, 4) is 0 Å². The van der Waals surface area contributed by atoms with Crippen molar-refractivity contribution in [3.05, 3.63) is 6.04 Å². The van der Waals surface area contributed by atoms with Gasteiger partial charge in [-0.15, -0.1) is 0 Å². The molecule has 47 valence electrons. The average molecular weight is 116 g/mol. The van der Waals surface area contributed by atoms with E-state index in [9.17, 15) is 4.79 Å². The van der Waals surface area contributed by atoms with Gasteiger partial charge in [-0.25, -0.2) is 0 Å². The lowest BCUT2D eigenvalue weighted by molar-refractivity contribution is -0.135. The predicted molar refractivity (Wildman–Crippen MR) is 29.9 cm³/mol. The minimum absolute atomic E-state index is 0.0185. The Hall–Kier alpha value is -0.570. The lowest BCUT2D eigenvalue weighted by atomic mass is 10.1. The zero-order valence-electron chi connectivity index (χ0n) is 5.01. The standard InChI is InChI=1S/C5H10NO2/c1-3(2)4(6)5(7)8/h3H,6H2,1-2H3,(H,7,8). The fourth-order valence-corrected chi connectivity index (χ4v) is 0.247. The molecule has 0 atom stereocenters. The van der Waals surface area contributed by atoms with Gasteiger partial charge in [-0.2, -0.15) is 0 Å². The summed E-state index contributed by atoms with van der Waals surface area (Å²) >= 11 is 0. The molecule has 0 aromatic rings. The molecule has 0 aromatic carbocycles. The molecule has 0 bridgehead atoms. The summed E-state index contributed by atoms with van der Waals surface area (Å²) in [5, 5.41) is 8.19.